The van der Waals surface area contributed by atoms with Crippen LogP contribution in [0.4, 0.5) is 5.69 Å². The number of anilines is 1. The fourth-order valence-corrected chi connectivity index (χ4v) is 4.04. The Hall–Kier alpha value is -1.92. The van der Waals surface area contributed by atoms with Crippen LogP contribution in [0.3, 0.4) is 0 Å². The second-order valence-corrected chi connectivity index (χ2v) is 7.75. The van der Waals surface area contributed by atoms with Gasteiger partial charge in [0.05, 0.1) is 12.1 Å². The number of carbonyl (C=O) groups is 2. The first-order chi connectivity index (χ1) is 12.4. The van der Waals surface area contributed by atoms with Crippen LogP contribution in [-0.4, -0.2) is 59.9 Å². The van der Waals surface area contributed by atoms with Gasteiger partial charge in [0.15, 0.2) is 0 Å². The van der Waals surface area contributed by atoms with Crippen molar-refractivity contribution >= 4 is 17.5 Å². The topological polar surface area (TPSA) is 78.7 Å². The first kappa shape index (κ1) is 18.9. The summed E-state index contributed by atoms with van der Waals surface area (Å²) in [5.74, 6) is 0.0860. The van der Waals surface area contributed by atoms with Crippen LogP contribution in [0.2, 0.25) is 0 Å². The third-order valence-electron chi connectivity index (χ3n) is 5.69. The Morgan fingerprint density at radius 2 is 1.65 bits per heavy atom. The highest BCUT2D eigenvalue weighted by molar-refractivity contribution is 5.93. The highest BCUT2D eigenvalue weighted by atomic mass is 16.2. The van der Waals surface area contributed by atoms with Crippen LogP contribution in [0.15, 0.2) is 18.2 Å². The third-order valence-corrected chi connectivity index (χ3v) is 5.69. The molecule has 3 rings (SSSR count). The largest absolute Gasteiger partial charge is 0.339 e. The smallest absolute Gasteiger partial charge is 0.242 e. The molecule has 1 aliphatic carbocycles. The second-order valence-electron chi connectivity index (χ2n) is 7.75. The molecule has 1 saturated carbocycles. The Bertz CT molecular complexity index is 654. The third kappa shape index (κ3) is 4.07. The van der Waals surface area contributed by atoms with Crippen molar-refractivity contribution in [3.8, 4) is 0 Å². The lowest BCUT2D eigenvalue weighted by Crippen LogP contribution is -2.58. The molecule has 0 aromatic heterocycles. The van der Waals surface area contributed by atoms with Gasteiger partial charge in [-0.3, -0.25) is 14.5 Å². The average molecular weight is 358 g/mol. The van der Waals surface area contributed by atoms with Crippen molar-refractivity contribution in [1.29, 1.82) is 0 Å². The maximum atomic E-state index is 12.7. The molecule has 6 nitrogen and oxygen atoms in total. The lowest BCUT2D eigenvalue weighted by atomic mass is 9.97. The number of nitrogens with two attached hydrogens (primary N) is 1. The SMILES string of the molecule is Cc1cccc(C)c1NC(=O)CN1CCN(C(=O)C2(N)CCCC2)CC1. The van der Waals surface area contributed by atoms with Gasteiger partial charge >= 0.3 is 0 Å². The quantitative estimate of drug-likeness (QED) is 0.858. The molecular formula is C20H30N4O2. The first-order valence-corrected chi connectivity index (χ1v) is 9.56. The molecule has 26 heavy (non-hydrogen) atoms. The van der Waals surface area contributed by atoms with E-state index in [1.54, 1.807) is 0 Å². The van der Waals surface area contributed by atoms with Gasteiger partial charge in [-0.15, -0.1) is 0 Å². The molecule has 6 heteroatoms. The van der Waals surface area contributed by atoms with Gasteiger partial charge in [-0.25, -0.2) is 0 Å². The minimum Gasteiger partial charge on any atom is -0.339 e. The molecule has 1 aliphatic heterocycles. The van der Waals surface area contributed by atoms with E-state index in [-0.39, 0.29) is 11.8 Å². The van der Waals surface area contributed by atoms with E-state index in [2.05, 4.69) is 10.2 Å². The van der Waals surface area contributed by atoms with Gasteiger partial charge in [-0.05, 0) is 37.8 Å². The second kappa shape index (κ2) is 7.76. The minimum absolute atomic E-state index is 0.00624. The van der Waals surface area contributed by atoms with E-state index in [4.69, 9.17) is 5.73 Å². The van der Waals surface area contributed by atoms with Crippen LogP contribution in [0, 0.1) is 13.8 Å². The van der Waals surface area contributed by atoms with Gasteiger partial charge in [-0.2, -0.15) is 0 Å². The van der Waals surface area contributed by atoms with Crippen LogP contribution in [0.5, 0.6) is 0 Å². The number of para-hydroxylation sites is 1. The zero-order valence-electron chi connectivity index (χ0n) is 15.9. The molecular weight excluding hydrogens is 328 g/mol. The van der Waals surface area contributed by atoms with E-state index in [9.17, 15) is 9.59 Å². The monoisotopic (exact) mass is 358 g/mol. The summed E-state index contributed by atoms with van der Waals surface area (Å²) >= 11 is 0. The molecule has 0 unspecified atom stereocenters. The molecule has 3 N–H and O–H groups in total. The van der Waals surface area contributed by atoms with Gasteiger partial charge in [0.25, 0.3) is 0 Å². The van der Waals surface area contributed by atoms with E-state index < -0.39 is 5.54 Å². The molecule has 1 aromatic carbocycles. The van der Waals surface area contributed by atoms with Crippen molar-refractivity contribution in [2.24, 2.45) is 5.73 Å². The highest BCUT2D eigenvalue weighted by Crippen LogP contribution is 2.29. The Kier molecular flexibility index (Phi) is 5.63. The van der Waals surface area contributed by atoms with Crippen LogP contribution in [-0.2, 0) is 9.59 Å². The van der Waals surface area contributed by atoms with E-state index in [1.165, 1.54) is 0 Å². The maximum absolute atomic E-state index is 12.7. The molecule has 2 amide bonds. The number of hydrogen-bond donors (Lipinski definition) is 2. The summed E-state index contributed by atoms with van der Waals surface area (Å²) in [6.07, 6.45) is 3.68. The molecule has 1 heterocycles. The summed E-state index contributed by atoms with van der Waals surface area (Å²) in [5, 5.41) is 3.03. The summed E-state index contributed by atoms with van der Waals surface area (Å²) in [6, 6.07) is 5.99. The molecule has 142 valence electrons. The predicted molar refractivity (Wildman–Crippen MR) is 103 cm³/mol. The number of amides is 2. The minimum atomic E-state index is -0.651. The van der Waals surface area contributed by atoms with Crippen molar-refractivity contribution in [2.75, 3.05) is 38.0 Å². The Morgan fingerprint density at radius 1 is 1.08 bits per heavy atom. The average Bonchev–Trinajstić information content (AvgIpc) is 3.06. The first-order valence-electron chi connectivity index (χ1n) is 9.56. The summed E-state index contributed by atoms with van der Waals surface area (Å²) in [5.41, 5.74) is 8.68. The molecule has 2 fully saturated rings. The predicted octanol–water partition coefficient (Wildman–Crippen LogP) is 1.66. The number of piperazine rings is 1. The highest BCUT2D eigenvalue weighted by Gasteiger charge is 2.40. The Balaban J connectivity index is 1.49. The Labute approximate surface area is 155 Å². The molecule has 0 atom stereocenters. The summed E-state index contributed by atoms with van der Waals surface area (Å²) in [7, 11) is 0. The van der Waals surface area contributed by atoms with E-state index in [0.717, 1.165) is 42.5 Å². The van der Waals surface area contributed by atoms with Crippen LogP contribution < -0.4 is 11.1 Å². The summed E-state index contributed by atoms with van der Waals surface area (Å²) in [6.45, 7) is 7.06. The zero-order chi connectivity index (χ0) is 18.7. The standard InChI is InChI=1S/C20H30N4O2/c1-15-6-5-7-16(2)18(15)22-17(25)14-23-10-12-24(13-11-23)19(26)20(21)8-3-4-9-20/h5-7H,3-4,8-14,21H2,1-2H3,(H,22,25). The van der Waals surface area contributed by atoms with Crippen LogP contribution >= 0.6 is 0 Å². The van der Waals surface area contributed by atoms with E-state index in [1.807, 2.05) is 36.9 Å². The van der Waals surface area contributed by atoms with Gasteiger partial charge in [-0.1, -0.05) is 31.0 Å². The number of hydrogen-bond acceptors (Lipinski definition) is 4. The Morgan fingerprint density at radius 3 is 2.23 bits per heavy atom. The van der Waals surface area contributed by atoms with Crippen molar-refractivity contribution in [1.82, 2.24) is 9.80 Å². The number of nitrogens with zero attached hydrogens (tertiary/aromatic N) is 2. The molecule has 1 aromatic rings. The fraction of sp³-hybridized carbons (Fsp3) is 0.600. The molecule has 1 saturated heterocycles. The summed E-state index contributed by atoms with van der Waals surface area (Å²) < 4.78 is 0. The fourth-order valence-electron chi connectivity index (χ4n) is 4.04. The molecule has 2 aliphatic rings. The van der Waals surface area contributed by atoms with Crippen molar-refractivity contribution in [2.45, 2.75) is 45.1 Å². The van der Waals surface area contributed by atoms with E-state index >= 15 is 0 Å². The van der Waals surface area contributed by atoms with Crippen LogP contribution in [0.1, 0.15) is 36.8 Å². The zero-order valence-corrected chi connectivity index (χ0v) is 15.9. The molecule has 0 bridgehead atoms. The van der Waals surface area contributed by atoms with Gasteiger partial charge in [0.1, 0.15) is 0 Å². The van der Waals surface area contributed by atoms with Crippen molar-refractivity contribution in [3.05, 3.63) is 29.3 Å². The lowest BCUT2D eigenvalue weighted by molar-refractivity contribution is -0.138. The number of carbonyl (C=O) groups excluding carboxylic acids is 2. The van der Waals surface area contributed by atoms with Crippen LogP contribution in [0.25, 0.3) is 0 Å². The molecule has 0 radical (unpaired) electrons. The van der Waals surface area contributed by atoms with Gasteiger partial charge in [0.2, 0.25) is 11.8 Å². The van der Waals surface area contributed by atoms with Gasteiger partial charge in [0, 0.05) is 31.9 Å². The number of nitrogens with one attached hydrogen (secondary N) is 1. The van der Waals surface area contributed by atoms with E-state index in [0.29, 0.717) is 32.7 Å². The molecule has 0 spiro atoms. The van der Waals surface area contributed by atoms with Gasteiger partial charge < -0.3 is 16.0 Å². The number of aryl methyl sites for hydroxylation is 2. The van der Waals surface area contributed by atoms with Crippen molar-refractivity contribution in [3.63, 3.8) is 0 Å². The van der Waals surface area contributed by atoms with Crippen molar-refractivity contribution < 1.29 is 9.59 Å². The number of benzene rings is 1. The maximum Gasteiger partial charge on any atom is 0.242 e. The number of rotatable bonds is 4. The summed E-state index contributed by atoms with van der Waals surface area (Å²) in [4.78, 5) is 29.1. The normalized spacial score (nSPS) is 20.2. The lowest BCUT2D eigenvalue weighted by Gasteiger charge is -2.38.